The number of benzene rings is 3. The van der Waals surface area contributed by atoms with E-state index in [2.05, 4.69) is 5.32 Å². The van der Waals surface area contributed by atoms with Crippen molar-refractivity contribution >= 4 is 17.4 Å². The van der Waals surface area contributed by atoms with Crippen LogP contribution in [0.15, 0.2) is 78.9 Å². The van der Waals surface area contributed by atoms with Gasteiger partial charge in [-0.3, -0.25) is 4.79 Å². The van der Waals surface area contributed by atoms with Gasteiger partial charge in [0.15, 0.2) is 5.78 Å². The lowest BCUT2D eigenvalue weighted by molar-refractivity contribution is -0.141. The van der Waals surface area contributed by atoms with Gasteiger partial charge in [-0.2, -0.15) is 0 Å². The number of carbonyl (C=O) groups is 2. The first-order valence-electron chi connectivity index (χ1n) is 8.89. The van der Waals surface area contributed by atoms with E-state index in [1.54, 1.807) is 60.7 Å². The highest BCUT2D eigenvalue weighted by Gasteiger charge is 2.22. The van der Waals surface area contributed by atoms with E-state index in [9.17, 15) is 14.7 Å². The lowest BCUT2D eigenvalue weighted by Gasteiger charge is -2.20. The second kappa shape index (κ2) is 8.86. The van der Waals surface area contributed by atoms with E-state index in [1.165, 1.54) is 7.11 Å². The Bertz CT molecular complexity index is 952. The molecule has 3 rings (SSSR count). The summed E-state index contributed by atoms with van der Waals surface area (Å²) in [5.41, 5.74) is 2.47. The second-order valence-corrected chi connectivity index (χ2v) is 6.33. The molecule has 5 heteroatoms. The molecule has 2 N–H and O–H groups in total. The predicted octanol–water partition coefficient (Wildman–Crippen LogP) is 3.82. The van der Waals surface area contributed by atoms with Crippen LogP contribution in [0.4, 0.5) is 5.69 Å². The summed E-state index contributed by atoms with van der Waals surface area (Å²) in [5.74, 6) is -0.405. The number of hydrogen-bond acceptors (Lipinski definition) is 5. The molecule has 142 valence electrons. The van der Waals surface area contributed by atoms with E-state index in [-0.39, 0.29) is 11.5 Å². The maximum Gasteiger partial charge on any atom is 0.328 e. The summed E-state index contributed by atoms with van der Waals surface area (Å²) in [7, 11) is 1.33. The smallest absolute Gasteiger partial charge is 0.328 e. The Labute approximate surface area is 163 Å². The van der Waals surface area contributed by atoms with Crippen molar-refractivity contribution in [3.63, 3.8) is 0 Å². The van der Waals surface area contributed by atoms with Crippen LogP contribution in [0.25, 0.3) is 0 Å². The van der Waals surface area contributed by atoms with Crippen molar-refractivity contribution in [2.24, 2.45) is 0 Å². The van der Waals surface area contributed by atoms with E-state index in [0.29, 0.717) is 23.2 Å². The number of para-hydroxylation sites is 1. The molecule has 0 saturated carbocycles. The number of carbonyl (C=O) groups excluding carboxylic acids is 2. The van der Waals surface area contributed by atoms with Gasteiger partial charge in [0.1, 0.15) is 11.8 Å². The standard InChI is InChI=1S/C23H21NO4/c1-28-23(27)21(15-16-11-13-18(25)14-12-16)24-20-10-6-5-9-19(20)22(26)17-7-3-2-4-8-17/h2-14,21,24-25H,15H2,1H3. The molecule has 1 unspecified atom stereocenters. The van der Waals surface area contributed by atoms with Crippen molar-refractivity contribution in [1.82, 2.24) is 0 Å². The second-order valence-electron chi connectivity index (χ2n) is 6.33. The van der Waals surface area contributed by atoms with Gasteiger partial charge in [0.25, 0.3) is 0 Å². The van der Waals surface area contributed by atoms with Crippen molar-refractivity contribution in [2.45, 2.75) is 12.5 Å². The Kier molecular flexibility index (Phi) is 6.07. The lowest BCUT2D eigenvalue weighted by atomic mass is 10.00. The van der Waals surface area contributed by atoms with Crippen molar-refractivity contribution in [3.8, 4) is 5.75 Å². The number of hydrogen-bond donors (Lipinski definition) is 2. The zero-order valence-electron chi connectivity index (χ0n) is 15.5. The van der Waals surface area contributed by atoms with Gasteiger partial charge in [0.05, 0.1) is 7.11 Å². The molecular weight excluding hydrogens is 354 g/mol. The normalized spacial score (nSPS) is 11.5. The molecule has 0 aliphatic heterocycles. The van der Waals surface area contributed by atoms with Gasteiger partial charge in [-0.15, -0.1) is 0 Å². The van der Waals surface area contributed by atoms with Crippen molar-refractivity contribution in [1.29, 1.82) is 0 Å². The molecule has 3 aromatic carbocycles. The quantitative estimate of drug-likeness (QED) is 0.485. The average molecular weight is 375 g/mol. The number of anilines is 1. The Morgan fingerprint density at radius 3 is 2.25 bits per heavy atom. The topological polar surface area (TPSA) is 75.6 Å². The molecule has 1 atom stereocenters. The van der Waals surface area contributed by atoms with Crippen molar-refractivity contribution in [2.75, 3.05) is 12.4 Å². The number of ether oxygens (including phenoxy) is 1. The molecule has 0 saturated heterocycles. The largest absolute Gasteiger partial charge is 0.508 e. The van der Waals surface area contributed by atoms with E-state index in [1.807, 2.05) is 18.2 Å². The van der Waals surface area contributed by atoms with Crippen LogP contribution in [0, 0.1) is 0 Å². The Morgan fingerprint density at radius 2 is 1.57 bits per heavy atom. The summed E-state index contributed by atoms with van der Waals surface area (Å²) in [6.07, 6.45) is 0.348. The fraction of sp³-hybridized carbons (Fsp3) is 0.130. The van der Waals surface area contributed by atoms with Gasteiger partial charge < -0.3 is 15.2 Å². The van der Waals surface area contributed by atoms with Crippen LogP contribution in [-0.4, -0.2) is 30.0 Å². The van der Waals surface area contributed by atoms with Gasteiger partial charge in [0, 0.05) is 23.2 Å². The minimum absolute atomic E-state index is 0.128. The minimum atomic E-state index is -0.681. The molecule has 0 aliphatic rings. The number of aromatic hydroxyl groups is 1. The van der Waals surface area contributed by atoms with Crippen molar-refractivity contribution in [3.05, 3.63) is 95.6 Å². The summed E-state index contributed by atoms with van der Waals surface area (Å²) in [5, 5.41) is 12.6. The third kappa shape index (κ3) is 4.57. The van der Waals surface area contributed by atoms with E-state index in [0.717, 1.165) is 5.56 Å². The molecule has 0 heterocycles. The number of phenolic OH excluding ortho intramolecular Hbond substituents is 1. The fourth-order valence-electron chi connectivity index (χ4n) is 2.94. The van der Waals surface area contributed by atoms with E-state index >= 15 is 0 Å². The first-order valence-corrected chi connectivity index (χ1v) is 8.89. The molecule has 0 amide bonds. The molecule has 0 aliphatic carbocycles. The van der Waals surface area contributed by atoms with Gasteiger partial charge >= 0.3 is 5.97 Å². The number of phenols is 1. The van der Waals surface area contributed by atoms with Crippen LogP contribution in [0.5, 0.6) is 5.75 Å². The first kappa shape index (κ1) is 19.2. The molecule has 0 bridgehead atoms. The zero-order chi connectivity index (χ0) is 19.9. The summed E-state index contributed by atoms with van der Waals surface area (Å²) in [6, 6.07) is 22.0. The summed E-state index contributed by atoms with van der Waals surface area (Å²) >= 11 is 0. The van der Waals surface area contributed by atoms with Crippen LogP contribution >= 0.6 is 0 Å². The first-order chi connectivity index (χ1) is 13.6. The number of methoxy groups -OCH3 is 1. The number of esters is 1. The molecule has 0 aromatic heterocycles. The number of ketones is 1. The number of nitrogens with one attached hydrogen (secondary N) is 1. The van der Waals surface area contributed by atoms with Crippen LogP contribution in [0.2, 0.25) is 0 Å². The fourth-order valence-corrected chi connectivity index (χ4v) is 2.94. The van der Waals surface area contributed by atoms with Crippen LogP contribution in [0.3, 0.4) is 0 Å². The van der Waals surface area contributed by atoms with Crippen LogP contribution in [-0.2, 0) is 16.0 Å². The monoisotopic (exact) mass is 375 g/mol. The van der Waals surface area contributed by atoms with Crippen LogP contribution < -0.4 is 5.32 Å². The highest BCUT2D eigenvalue weighted by molar-refractivity contribution is 6.12. The molecule has 5 nitrogen and oxygen atoms in total. The molecule has 0 radical (unpaired) electrons. The summed E-state index contributed by atoms with van der Waals surface area (Å²) < 4.78 is 4.93. The summed E-state index contributed by atoms with van der Waals surface area (Å²) in [6.45, 7) is 0. The molecule has 0 spiro atoms. The average Bonchev–Trinajstić information content (AvgIpc) is 2.74. The third-order valence-electron chi connectivity index (χ3n) is 4.40. The molecule has 0 fully saturated rings. The van der Waals surface area contributed by atoms with E-state index in [4.69, 9.17) is 4.74 Å². The van der Waals surface area contributed by atoms with Gasteiger partial charge in [-0.05, 0) is 29.8 Å². The van der Waals surface area contributed by atoms with Crippen LogP contribution in [0.1, 0.15) is 21.5 Å². The number of rotatable bonds is 7. The van der Waals surface area contributed by atoms with Crippen molar-refractivity contribution < 1.29 is 19.4 Å². The highest BCUT2D eigenvalue weighted by Crippen LogP contribution is 2.22. The lowest BCUT2D eigenvalue weighted by Crippen LogP contribution is -2.33. The summed E-state index contributed by atoms with van der Waals surface area (Å²) in [4.78, 5) is 25.2. The SMILES string of the molecule is COC(=O)C(Cc1ccc(O)cc1)Nc1ccccc1C(=O)c1ccccc1. The third-order valence-corrected chi connectivity index (χ3v) is 4.40. The van der Waals surface area contributed by atoms with Gasteiger partial charge in [-0.1, -0.05) is 54.6 Å². The Balaban J connectivity index is 1.88. The predicted molar refractivity (Wildman–Crippen MR) is 108 cm³/mol. The molecular formula is C23H21NO4. The molecule has 3 aromatic rings. The molecule has 28 heavy (non-hydrogen) atoms. The van der Waals surface area contributed by atoms with Gasteiger partial charge in [-0.25, -0.2) is 4.79 Å². The Morgan fingerprint density at radius 1 is 0.929 bits per heavy atom. The minimum Gasteiger partial charge on any atom is -0.508 e. The highest BCUT2D eigenvalue weighted by atomic mass is 16.5. The zero-order valence-corrected chi connectivity index (χ0v) is 15.5. The van der Waals surface area contributed by atoms with E-state index < -0.39 is 12.0 Å². The Hall–Kier alpha value is -3.60. The maximum absolute atomic E-state index is 12.9. The maximum atomic E-state index is 12.9. The van der Waals surface area contributed by atoms with Gasteiger partial charge in [0.2, 0.25) is 0 Å².